The molecule has 0 saturated carbocycles. The quantitative estimate of drug-likeness (QED) is 0.365. The van der Waals surface area contributed by atoms with Crippen LogP contribution in [0.4, 0.5) is 0 Å². The van der Waals surface area contributed by atoms with Crippen LogP contribution >= 0.6 is 11.8 Å². The largest absolute Gasteiger partial charge is 0.480 e. The van der Waals surface area contributed by atoms with E-state index in [0.717, 1.165) is 0 Å². The van der Waals surface area contributed by atoms with Crippen molar-refractivity contribution in [1.82, 2.24) is 15.5 Å². The fourth-order valence-corrected chi connectivity index (χ4v) is 3.65. The average molecular weight is 417 g/mol. The van der Waals surface area contributed by atoms with Crippen LogP contribution in [-0.4, -0.2) is 76.9 Å². The number of carboxylic acids is 1. The number of nitrogens with one attached hydrogen (secondary N) is 2. The summed E-state index contributed by atoms with van der Waals surface area (Å²) in [4.78, 5) is 50.3. The maximum Gasteiger partial charge on any atom is 0.326 e. The van der Waals surface area contributed by atoms with Gasteiger partial charge in [-0.2, -0.15) is 11.8 Å². The molecule has 0 aromatic heterocycles. The monoisotopic (exact) mass is 416 g/mol. The van der Waals surface area contributed by atoms with Crippen molar-refractivity contribution in [2.75, 3.05) is 25.1 Å². The SMILES string of the molecule is CCC(C)C(NC(=O)CN)C(=O)NC(CCSC)C(=O)N1CCCC1C(=O)O. The van der Waals surface area contributed by atoms with Crippen molar-refractivity contribution < 1.29 is 24.3 Å². The minimum atomic E-state index is -1.03. The summed E-state index contributed by atoms with van der Waals surface area (Å²) in [5.74, 6) is -1.84. The fraction of sp³-hybridized carbons (Fsp3) is 0.778. The van der Waals surface area contributed by atoms with Crippen LogP contribution in [0.1, 0.15) is 39.5 Å². The molecule has 1 saturated heterocycles. The van der Waals surface area contributed by atoms with Gasteiger partial charge in [0.25, 0.3) is 0 Å². The average Bonchev–Trinajstić information content (AvgIpc) is 3.17. The van der Waals surface area contributed by atoms with Gasteiger partial charge in [-0.3, -0.25) is 14.4 Å². The smallest absolute Gasteiger partial charge is 0.326 e. The second-order valence-corrected chi connectivity index (χ2v) is 7.99. The number of amides is 3. The molecule has 10 heteroatoms. The molecule has 160 valence electrons. The Morgan fingerprint density at radius 3 is 2.50 bits per heavy atom. The molecule has 1 heterocycles. The van der Waals surface area contributed by atoms with Gasteiger partial charge in [0, 0.05) is 6.54 Å². The van der Waals surface area contributed by atoms with E-state index in [2.05, 4.69) is 10.6 Å². The van der Waals surface area contributed by atoms with Gasteiger partial charge in [0.2, 0.25) is 17.7 Å². The van der Waals surface area contributed by atoms with Gasteiger partial charge in [-0.15, -0.1) is 0 Å². The summed E-state index contributed by atoms with van der Waals surface area (Å²) in [6.45, 7) is 3.86. The Kier molecular flexibility index (Phi) is 10.3. The van der Waals surface area contributed by atoms with Crippen molar-refractivity contribution >= 4 is 35.5 Å². The molecule has 5 N–H and O–H groups in total. The second-order valence-electron chi connectivity index (χ2n) is 7.01. The zero-order chi connectivity index (χ0) is 21.3. The molecule has 1 aliphatic rings. The Balaban J connectivity index is 2.95. The van der Waals surface area contributed by atoms with E-state index in [1.165, 1.54) is 16.7 Å². The van der Waals surface area contributed by atoms with E-state index in [4.69, 9.17) is 5.73 Å². The number of aliphatic carboxylic acids is 1. The summed E-state index contributed by atoms with van der Waals surface area (Å²) in [5, 5.41) is 14.7. The van der Waals surface area contributed by atoms with Crippen LogP contribution in [-0.2, 0) is 19.2 Å². The van der Waals surface area contributed by atoms with E-state index in [1.54, 1.807) is 0 Å². The molecule has 4 unspecified atom stereocenters. The summed E-state index contributed by atoms with van der Waals surface area (Å²) >= 11 is 1.53. The molecular formula is C18H32N4O5S. The van der Waals surface area contributed by atoms with Crippen molar-refractivity contribution in [3.8, 4) is 0 Å². The molecule has 1 aliphatic heterocycles. The second kappa shape index (κ2) is 11.9. The first kappa shape index (κ1) is 24.2. The Morgan fingerprint density at radius 2 is 1.96 bits per heavy atom. The van der Waals surface area contributed by atoms with Crippen LogP contribution in [0.25, 0.3) is 0 Å². The lowest BCUT2D eigenvalue weighted by atomic mass is 9.97. The third-order valence-electron chi connectivity index (χ3n) is 5.04. The van der Waals surface area contributed by atoms with Crippen LogP contribution in [0, 0.1) is 5.92 Å². The molecule has 0 aliphatic carbocycles. The highest BCUT2D eigenvalue weighted by atomic mass is 32.2. The maximum absolute atomic E-state index is 13.0. The fourth-order valence-electron chi connectivity index (χ4n) is 3.18. The van der Waals surface area contributed by atoms with Gasteiger partial charge >= 0.3 is 5.97 Å². The van der Waals surface area contributed by atoms with E-state index in [0.29, 0.717) is 38.0 Å². The van der Waals surface area contributed by atoms with Crippen molar-refractivity contribution in [1.29, 1.82) is 0 Å². The minimum absolute atomic E-state index is 0.148. The summed E-state index contributed by atoms with van der Waals surface area (Å²) in [6, 6.07) is -2.50. The number of carbonyl (C=O) groups excluding carboxylic acids is 3. The highest BCUT2D eigenvalue weighted by molar-refractivity contribution is 7.98. The number of thioether (sulfide) groups is 1. The van der Waals surface area contributed by atoms with Gasteiger partial charge in [0.15, 0.2) is 0 Å². The third-order valence-corrected chi connectivity index (χ3v) is 5.69. The van der Waals surface area contributed by atoms with Crippen LogP contribution in [0.2, 0.25) is 0 Å². The van der Waals surface area contributed by atoms with Gasteiger partial charge in [0.05, 0.1) is 6.54 Å². The lowest BCUT2D eigenvalue weighted by Gasteiger charge is -2.30. The molecular weight excluding hydrogens is 384 g/mol. The molecule has 9 nitrogen and oxygen atoms in total. The first-order valence-electron chi connectivity index (χ1n) is 9.58. The molecule has 0 aromatic carbocycles. The Morgan fingerprint density at radius 1 is 1.29 bits per heavy atom. The Hall–Kier alpha value is -1.81. The van der Waals surface area contributed by atoms with E-state index in [-0.39, 0.29) is 18.4 Å². The summed E-state index contributed by atoms with van der Waals surface area (Å²) in [7, 11) is 0. The van der Waals surface area contributed by atoms with Gasteiger partial charge in [0.1, 0.15) is 18.1 Å². The van der Waals surface area contributed by atoms with E-state index >= 15 is 0 Å². The van der Waals surface area contributed by atoms with Crippen LogP contribution in [0.3, 0.4) is 0 Å². The molecule has 1 fully saturated rings. The number of hydrogen-bond donors (Lipinski definition) is 4. The van der Waals surface area contributed by atoms with Gasteiger partial charge < -0.3 is 26.4 Å². The van der Waals surface area contributed by atoms with E-state index < -0.39 is 35.9 Å². The van der Waals surface area contributed by atoms with Crippen LogP contribution in [0.5, 0.6) is 0 Å². The van der Waals surface area contributed by atoms with Gasteiger partial charge in [-0.05, 0) is 37.2 Å². The predicted octanol–water partition coefficient (Wildman–Crippen LogP) is -0.210. The van der Waals surface area contributed by atoms with Crippen LogP contribution in [0.15, 0.2) is 0 Å². The summed E-state index contributed by atoms with van der Waals surface area (Å²) in [6.07, 6.45) is 3.95. The number of hydrogen-bond acceptors (Lipinski definition) is 6. The van der Waals surface area contributed by atoms with E-state index in [1.807, 2.05) is 20.1 Å². The first-order chi connectivity index (χ1) is 13.3. The highest BCUT2D eigenvalue weighted by Gasteiger charge is 2.38. The predicted molar refractivity (Wildman–Crippen MR) is 108 cm³/mol. The molecule has 0 aromatic rings. The van der Waals surface area contributed by atoms with Gasteiger partial charge in [-0.1, -0.05) is 20.3 Å². The van der Waals surface area contributed by atoms with Gasteiger partial charge in [-0.25, -0.2) is 4.79 Å². The number of nitrogens with zero attached hydrogens (tertiary/aromatic N) is 1. The number of nitrogens with two attached hydrogens (primary N) is 1. The van der Waals surface area contributed by atoms with Crippen molar-refractivity contribution in [2.45, 2.75) is 57.7 Å². The number of rotatable bonds is 11. The standard InChI is InChI=1S/C18H32N4O5S/c1-4-11(2)15(21-14(23)10-19)16(24)20-12(7-9-28-3)17(25)22-8-5-6-13(22)18(26)27/h11-13,15H,4-10,19H2,1-3H3,(H,20,24)(H,21,23)(H,26,27). The van der Waals surface area contributed by atoms with Crippen molar-refractivity contribution in [3.63, 3.8) is 0 Å². The molecule has 0 spiro atoms. The summed E-state index contributed by atoms with van der Waals surface area (Å²) < 4.78 is 0. The Labute approximate surface area is 170 Å². The normalized spacial score (nSPS) is 19.6. The molecule has 4 atom stereocenters. The Bertz CT molecular complexity index is 574. The number of carbonyl (C=O) groups is 4. The molecule has 1 rings (SSSR count). The lowest BCUT2D eigenvalue weighted by molar-refractivity contribution is -0.149. The van der Waals surface area contributed by atoms with Crippen LogP contribution < -0.4 is 16.4 Å². The van der Waals surface area contributed by atoms with Crippen molar-refractivity contribution in [2.24, 2.45) is 11.7 Å². The molecule has 3 amide bonds. The zero-order valence-corrected chi connectivity index (χ0v) is 17.6. The highest BCUT2D eigenvalue weighted by Crippen LogP contribution is 2.20. The number of carboxylic acid groups (broad SMARTS) is 1. The molecule has 28 heavy (non-hydrogen) atoms. The van der Waals surface area contributed by atoms with Crippen molar-refractivity contribution in [3.05, 3.63) is 0 Å². The van der Waals surface area contributed by atoms with E-state index in [9.17, 15) is 24.3 Å². The lowest BCUT2D eigenvalue weighted by Crippen LogP contribution is -2.57. The third kappa shape index (κ3) is 6.66. The molecule has 0 radical (unpaired) electrons. The molecule has 0 bridgehead atoms. The maximum atomic E-state index is 13.0. The first-order valence-corrected chi connectivity index (χ1v) is 11.0. The zero-order valence-electron chi connectivity index (χ0n) is 16.8. The number of likely N-dealkylation sites (tertiary alicyclic amines) is 1. The topological polar surface area (TPSA) is 142 Å². The summed E-state index contributed by atoms with van der Waals surface area (Å²) in [5.41, 5.74) is 5.34. The minimum Gasteiger partial charge on any atom is -0.480 e.